The molecule has 0 fully saturated rings. The minimum Gasteiger partial charge on any atom is -0.497 e. The molecule has 1 N–H and O–H groups in total. The number of nitrogens with zero attached hydrogens (tertiary/aromatic N) is 2. The summed E-state index contributed by atoms with van der Waals surface area (Å²) < 4.78 is 7.14. The highest BCUT2D eigenvalue weighted by Gasteiger charge is 2.13. The lowest BCUT2D eigenvalue weighted by atomic mass is 10.1. The standard InChI is InChI=1S/C18H16N2O3/c1-12-8-9-20-15(6-7-17(21)22)18(19-16(20)10-12)13-4-3-5-14(11-13)23-2/h3-11H,1-2H3,(H,21,22). The van der Waals surface area contributed by atoms with Crippen molar-refractivity contribution in [3.63, 3.8) is 0 Å². The monoisotopic (exact) mass is 308 g/mol. The normalized spacial score (nSPS) is 11.2. The molecule has 5 heteroatoms. The minimum absolute atomic E-state index is 0.715. The molecule has 2 aromatic heterocycles. The van der Waals surface area contributed by atoms with E-state index in [9.17, 15) is 4.79 Å². The Morgan fingerprint density at radius 1 is 1.30 bits per heavy atom. The van der Waals surface area contributed by atoms with Crippen LogP contribution in [0.15, 0.2) is 48.7 Å². The van der Waals surface area contributed by atoms with Gasteiger partial charge in [-0.3, -0.25) is 4.40 Å². The lowest BCUT2D eigenvalue weighted by molar-refractivity contribution is -0.131. The fourth-order valence-electron chi connectivity index (χ4n) is 2.46. The topological polar surface area (TPSA) is 63.8 Å². The highest BCUT2D eigenvalue weighted by Crippen LogP contribution is 2.28. The Hall–Kier alpha value is -3.08. The van der Waals surface area contributed by atoms with E-state index in [0.29, 0.717) is 5.69 Å². The molecule has 0 spiro atoms. The van der Waals surface area contributed by atoms with E-state index in [2.05, 4.69) is 4.98 Å². The van der Waals surface area contributed by atoms with Crippen LogP contribution in [0.5, 0.6) is 5.75 Å². The van der Waals surface area contributed by atoms with Gasteiger partial charge < -0.3 is 9.84 Å². The number of aliphatic carboxylic acids is 1. The van der Waals surface area contributed by atoms with Gasteiger partial charge in [0, 0.05) is 17.8 Å². The van der Waals surface area contributed by atoms with Crippen molar-refractivity contribution >= 4 is 17.7 Å². The lowest BCUT2D eigenvalue weighted by Crippen LogP contribution is -1.91. The van der Waals surface area contributed by atoms with E-state index in [-0.39, 0.29) is 0 Å². The Morgan fingerprint density at radius 2 is 2.13 bits per heavy atom. The molecular weight excluding hydrogens is 292 g/mol. The fourth-order valence-corrected chi connectivity index (χ4v) is 2.46. The molecule has 0 aliphatic heterocycles. The van der Waals surface area contributed by atoms with E-state index in [0.717, 1.165) is 34.3 Å². The summed E-state index contributed by atoms with van der Waals surface area (Å²) >= 11 is 0. The molecule has 1 aromatic carbocycles. The summed E-state index contributed by atoms with van der Waals surface area (Å²) in [6.07, 6.45) is 4.57. The van der Waals surface area contributed by atoms with Gasteiger partial charge in [-0.1, -0.05) is 12.1 Å². The highest BCUT2D eigenvalue weighted by atomic mass is 16.5. The quantitative estimate of drug-likeness (QED) is 0.750. The fraction of sp³-hybridized carbons (Fsp3) is 0.111. The Balaban J connectivity index is 2.25. The molecule has 0 amide bonds. The third kappa shape index (κ3) is 2.94. The molecule has 0 unspecified atom stereocenters. The number of benzene rings is 1. The minimum atomic E-state index is -0.997. The third-order valence-corrected chi connectivity index (χ3v) is 3.55. The van der Waals surface area contributed by atoms with Crippen LogP contribution in [0.4, 0.5) is 0 Å². The molecule has 0 atom stereocenters. The van der Waals surface area contributed by atoms with E-state index in [1.807, 2.05) is 53.9 Å². The average molecular weight is 308 g/mol. The van der Waals surface area contributed by atoms with Gasteiger partial charge in [-0.15, -0.1) is 0 Å². The van der Waals surface area contributed by atoms with Crippen LogP contribution in [0, 0.1) is 6.92 Å². The number of aryl methyl sites for hydroxylation is 1. The van der Waals surface area contributed by atoms with Crippen LogP contribution in [-0.2, 0) is 4.79 Å². The largest absolute Gasteiger partial charge is 0.497 e. The Morgan fingerprint density at radius 3 is 2.87 bits per heavy atom. The second-order valence-electron chi connectivity index (χ2n) is 5.18. The highest BCUT2D eigenvalue weighted by molar-refractivity contribution is 5.87. The molecule has 116 valence electrons. The van der Waals surface area contributed by atoms with Crippen molar-refractivity contribution in [1.82, 2.24) is 9.38 Å². The SMILES string of the molecule is COc1cccc(-c2nc3cc(C)ccn3c2C=CC(=O)O)c1. The maximum absolute atomic E-state index is 10.9. The summed E-state index contributed by atoms with van der Waals surface area (Å²) in [6.45, 7) is 1.99. The van der Waals surface area contributed by atoms with Gasteiger partial charge in [0.1, 0.15) is 11.4 Å². The molecule has 0 saturated carbocycles. The number of hydrogen-bond donors (Lipinski definition) is 1. The van der Waals surface area contributed by atoms with Gasteiger partial charge in [0.2, 0.25) is 0 Å². The van der Waals surface area contributed by atoms with Crippen LogP contribution in [0.2, 0.25) is 0 Å². The van der Waals surface area contributed by atoms with Gasteiger partial charge in [-0.25, -0.2) is 9.78 Å². The van der Waals surface area contributed by atoms with Gasteiger partial charge in [0.05, 0.1) is 18.5 Å². The van der Waals surface area contributed by atoms with E-state index < -0.39 is 5.97 Å². The Kier molecular flexibility index (Phi) is 3.85. The number of fused-ring (bicyclic) bond motifs is 1. The number of rotatable bonds is 4. The van der Waals surface area contributed by atoms with E-state index >= 15 is 0 Å². The van der Waals surface area contributed by atoms with E-state index in [1.54, 1.807) is 13.2 Å². The average Bonchev–Trinajstić information content (AvgIpc) is 2.90. The van der Waals surface area contributed by atoms with Crippen LogP contribution in [0.3, 0.4) is 0 Å². The van der Waals surface area contributed by atoms with Crippen LogP contribution in [0.25, 0.3) is 23.0 Å². The van der Waals surface area contributed by atoms with Gasteiger partial charge in [0.25, 0.3) is 0 Å². The van der Waals surface area contributed by atoms with Crippen molar-refractivity contribution in [2.45, 2.75) is 6.92 Å². The first-order valence-electron chi connectivity index (χ1n) is 7.12. The molecule has 2 heterocycles. The summed E-state index contributed by atoms with van der Waals surface area (Å²) in [4.78, 5) is 15.6. The first-order chi connectivity index (χ1) is 11.1. The van der Waals surface area contributed by atoms with Crippen molar-refractivity contribution in [3.8, 4) is 17.0 Å². The summed E-state index contributed by atoms with van der Waals surface area (Å²) in [5, 5.41) is 8.94. The van der Waals surface area contributed by atoms with Crippen LogP contribution in [-0.4, -0.2) is 27.6 Å². The Bertz CT molecular complexity index is 910. The second kappa shape index (κ2) is 5.96. The Labute approximate surface area is 133 Å². The number of carbonyl (C=O) groups is 1. The number of carboxylic acid groups (broad SMARTS) is 1. The van der Waals surface area contributed by atoms with Crippen LogP contribution in [0.1, 0.15) is 11.3 Å². The van der Waals surface area contributed by atoms with Crippen molar-refractivity contribution in [3.05, 3.63) is 59.9 Å². The number of ether oxygens (including phenoxy) is 1. The smallest absolute Gasteiger partial charge is 0.328 e. The molecule has 0 aliphatic carbocycles. The predicted molar refractivity (Wildman–Crippen MR) is 88.6 cm³/mol. The number of hydrogen-bond acceptors (Lipinski definition) is 3. The zero-order valence-electron chi connectivity index (χ0n) is 12.9. The molecular formula is C18H16N2O3. The molecule has 5 nitrogen and oxygen atoms in total. The molecule has 0 saturated heterocycles. The lowest BCUT2D eigenvalue weighted by Gasteiger charge is -2.03. The zero-order chi connectivity index (χ0) is 16.4. The second-order valence-corrected chi connectivity index (χ2v) is 5.18. The summed E-state index contributed by atoms with van der Waals surface area (Å²) in [5.41, 5.74) is 4.17. The molecule has 0 radical (unpaired) electrons. The van der Waals surface area contributed by atoms with Crippen molar-refractivity contribution in [2.24, 2.45) is 0 Å². The van der Waals surface area contributed by atoms with Crippen molar-refractivity contribution in [2.75, 3.05) is 7.11 Å². The maximum Gasteiger partial charge on any atom is 0.328 e. The first-order valence-corrected chi connectivity index (χ1v) is 7.12. The third-order valence-electron chi connectivity index (χ3n) is 3.55. The summed E-state index contributed by atoms with van der Waals surface area (Å²) in [7, 11) is 1.61. The molecule has 3 aromatic rings. The maximum atomic E-state index is 10.9. The molecule has 0 aliphatic rings. The molecule has 0 bridgehead atoms. The van der Waals surface area contributed by atoms with E-state index in [4.69, 9.17) is 9.84 Å². The number of pyridine rings is 1. The number of imidazole rings is 1. The van der Waals surface area contributed by atoms with Gasteiger partial charge in [0.15, 0.2) is 0 Å². The van der Waals surface area contributed by atoms with Gasteiger partial charge in [-0.2, -0.15) is 0 Å². The van der Waals surface area contributed by atoms with Crippen LogP contribution < -0.4 is 4.74 Å². The first kappa shape index (κ1) is 14.8. The van der Waals surface area contributed by atoms with Crippen LogP contribution >= 0.6 is 0 Å². The summed E-state index contributed by atoms with van der Waals surface area (Å²) in [5.74, 6) is -0.271. The number of aromatic nitrogens is 2. The molecule has 3 rings (SSSR count). The van der Waals surface area contributed by atoms with E-state index in [1.165, 1.54) is 0 Å². The number of methoxy groups -OCH3 is 1. The summed E-state index contributed by atoms with van der Waals surface area (Å²) in [6, 6.07) is 11.5. The van der Waals surface area contributed by atoms with Gasteiger partial charge >= 0.3 is 5.97 Å². The van der Waals surface area contributed by atoms with Gasteiger partial charge in [-0.05, 0) is 42.8 Å². The van der Waals surface area contributed by atoms with Crippen molar-refractivity contribution in [1.29, 1.82) is 0 Å². The number of carboxylic acids is 1. The molecule has 23 heavy (non-hydrogen) atoms. The predicted octanol–water partition coefficient (Wildman–Crippen LogP) is 3.42. The zero-order valence-corrected chi connectivity index (χ0v) is 12.9. The van der Waals surface area contributed by atoms with Crippen molar-refractivity contribution < 1.29 is 14.6 Å².